The zero-order valence-corrected chi connectivity index (χ0v) is 14.9. The number of piperidine rings is 1. The highest BCUT2D eigenvalue weighted by molar-refractivity contribution is 5.38. The summed E-state index contributed by atoms with van der Waals surface area (Å²) in [6, 6.07) is 6.26. The van der Waals surface area contributed by atoms with Crippen LogP contribution in [0.2, 0.25) is 0 Å². The molecule has 0 aromatic heterocycles. The van der Waals surface area contributed by atoms with Crippen LogP contribution >= 0.6 is 0 Å². The zero-order valence-electron chi connectivity index (χ0n) is 14.9. The number of benzene rings is 1. The summed E-state index contributed by atoms with van der Waals surface area (Å²) < 4.78 is 5.80. The Bertz CT molecular complexity index is 502. The molecule has 1 heterocycles. The maximum Gasteiger partial charge on any atom is 0.122 e. The van der Waals surface area contributed by atoms with Crippen molar-refractivity contribution in [2.75, 3.05) is 26.2 Å². The number of likely N-dealkylation sites (tertiary alicyclic amines) is 1. The maximum atomic E-state index is 10.2. The van der Waals surface area contributed by atoms with E-state index in [1.54, 1.807) is 0 Å². The van der Waals surface area contributed by atoms with Crippen molar-refractivity contribution in [1.29, 1.82) is 0 Å². The van der Waals surface area contributed by atoms with Crippen LogP contribution in [0, 0.1) is 6.92 Å². The molecule has 0 radical (unpaired) electrons. The molecule has 130 valence electrons. The molecule has 0 aliphatic carbocycles. The number of nitrogens with zero attached hydrogens (tertiary/aromatic N) is 1. The van der Waals surface area contributed by atoms with E-state index in [9.17, 15) is 10.2 Å². The van der Waals surface area contributed by atoms with Crippen LogP contribution in [0.3, 0.4) is 0 Å². The van der Waals surface area contributed by atoms with Gasteiger partial charge in [0, 0.05) is 19.6 Å². The van der Waals surface area contributed by atoms with Crippen LogP contribution in [-0.4, -0.2) is 53.6 Å². The molecule has 1 aliphatic rings. The fourth-order valence-corrected chi connectivity index (χ4v) is 2.92. The summed E-state index contributed by atoms with van der Waals surface area (Å²) in [5, 5.41) is 19.7. The van der Waals surface area contributed by atoms with Gasteiger partial charge in [-0.3, -0.25) is 0 Å². The molecule has 1 fully saturated rings. The van der Waals surface area contributed by atoms with Crippen LogP contribution in [0.5, 0.6) is 5.75 Å². The van der Waals surface area contributed by atoms with Gasteiger partial charge in [0.2, 0.25) is 0 Å². The molecule has 0 saturated carbocycles. The molecule has 1 saturated heterocycles. The lowest BCUT2D eigenvalue weighted by molar-refractivity contribution is 0.0336. The molecule has 1 aromatic carbocycles. The molecule has 2 rings (SSSR count). The Balaban J connectivity index is 1.83. The van der Waals surface area contributed by atoms with Gasteiger partial charge in [-0.05, 0) is 42.4 Å². The minimum Gasteiger partial charge on any atom is -0.491 e. The van der Waals surface area contributed by atoms with Crippen LogP contribution in [0.25, 0.3) is 0 Å². The Labute approximate surface area is 140 Å². The molecule has 0 bridgehead atoms. The summed E-state index contributed by atoms with van der Waals surface area (Å²) >= 11 is 0. The number of rotatable bonds is 5. The molecule has 0 spiro atoms. The van der Waals surface area contributed by atoms with E-state index in [1.807, 2.05) is 13.0 Å². The Morgan fingerprint density at radius 1 is 1.26 bits per heavy atom. The molecule has 1 aromatic rings. The Morgan fingerprint density at radius 2 is 1.91 bits per heavy atom. The summed E-state index contributed by atoms with van der Waals surface area (Å²) in [5.74, 6) is 0.839. The highest BCUT2D eigenvalue weighted by atomic mass is 16.5. The van der Waals surface area contributed by atoms with E-state index in [0.29, 0.717) is 13.2 Å². The topological polar surface area (TPSA) is 52.9 Å². The van der Waals surface area contributed by atoms with Crippen molar-refractivity contribution in [2.24, 2.45) is 0 Å². The van der Waals surface area contributed by atoms with Crippen molar-refractivity contribution in [3.8, 4) is 5.75 Å². The third-order valence-electron chi connectivity index (χ3n) is 4.50. The monoisotopic (exact) mass is 321 g/mol. The first-order valence-corrected chi connectivity index (χ1v) is 8.58. The van der Waals surface area contributed by atoms with E-state index in [1.165, 1.54) is 5.56 Å². The number of hydrogen-bond acceptors (Lipinski definition) is 4. The van der Waals surface area contributed by atoms with Crippen LogP contribution in [-0.2, 0) is 5.41 Å². The van der Waals surface area contributed by atoms with Crippen molar-refractivity contribution in [2.45, 2.75) is 58.2 Å². The van der Waals surface area contributed by atoms with Gasteiger partial charge in [0.25, 0.3) is 0 Å². The molecule has 4 heteroatoms. The summed E-state index contributed by atoms with van der Waals surface area (Å²) in [7, 11) is 0. The Hall–Kier alpha value is -1.10. The van der Waals surface area contributed by atoms with Crippen molar-refractivity contribution in [3.63, 3.8) is 0 Å². The summed E-state index contributed by atoms with van der Waals surface area (Å²) in [6.45, 7) is 11.2. The van der Waals surface area contributed by atoms with Gasteiger partial charge in [0.05, 0.1) is 6.10 Å². The molecule has 4 nitrogen and oxygen atoms in total. The number of ether oxygens (including phenoxy) is 1. The molecular weight excluding hydrogens is 290 g/mol. The highest BCUT2D eigenvalue weighted by Gasteiger charge is 2.20. The third-order valence-corrected chi connectivity index (χ3v) is 4.50. The van der Waals surface area contributed by atoms with Crippen LogP contribution in [0.15, 0.2) is 18.2 Å². The first-order chi connectivity index (χ1) is 10.8. The molecule has 2 N–H and O–H groups in total. The quantitative estimate of drug-likeness (QED) is 0.875. The number of hydrogen-bond donors (Lipinski definition) is 2. The summed E-state index contributed by atoms with van der Waals surface area (Å²) in [5.41, 5.74) is 2.52. The number of aliphatic hydroxyl groups is 2. The Kier molecular flexibility index (Phi) is 6.06. The average Bonchev–Trinajstić information content (AvgIpc) is 2.47. The van der Waals surface area contributed by atoms with E-state index in [0.717, 1.165) is 37.2 Å². The number of aryl methyl sites for hydroxylation is 1. The lowest BCUT2D eigenvalue weighted by atomic mass is 9.86. The van der Waals surface area contributed by atoms with Crippen LogP contribution in [0.4, 0.5) is 0 Å². The SMILES string of the molecule is Cc1cc(C(C)(C)C)ccc1OCC(O)CN1CCC(O)CC1. The molecule has 1 unspecified atom stereocenters. The second kappa shape index (κ2) is 7.65. The van der Waals surface area contributed by atoms with Gasteiger partial charge in [-0.25, -0.2) is 0 Å². The van der Waals surface area contributed by atoms with Crippen LogP contribution in [0.1, 0.15) is 44.7 Å². The van der Waals surface area contributed by atoms with Gasteiger partial charge in [-0.1, -0.05) is 32.9 Å². The van der Waals surface area contributed by atoms with Crippen molar-refractivity contribution < 1.29 is 14.9 Å². The predicted octanol–water partition coefficient (Wildman–Crippen LogP) is 2.49. The van der Waals surface area contributed by atoms with E-state index in [-0.39, 0.29) is 11.5 Å². The minimum atomic E-state index is -0.507. The van der Waals surface area contributed by atoms with Gasteiger partial charge in [0.15, 0.2) is 0 Å². The lowest BCUT2D eigenvalue weighted by Gasteiger charge is -2.31. The lowest BCUT2D eigenvalue weighted by Crippen LogP contribution is -2.41. The normalized spacial score (nSPS) is 18.9. The van der Waals surface area contributed by atoms with E-state index in [2.05, 4.69) is 37.8 Å². The van der Waals surface area contributed by atoms with Crippen molar-refractivity contribution in [1.82, 2.24) is 4.90 Å². The molecular formula is C19H31NO3. The first kappa shape index (κ1) is 18.2. The summed E-state index contributed by atoms with van der Waals surface area (Å²) in [6.07, 6.45) is 0.901. The smallest absolute Gasteiger partial charge is 0.122 e. The summed E-state index contributed by atoms with van der Waals surface area (Å²) in [4.78, 5) is 2.19. The van der Waals surface area contributed by atoms with Gasteiger partial charge in [-0.15, -0.1) is 0 Å². The van der Waals surface area contributed by atoms with E-state index in [4.69, 9.17) is 4.74 Å². The van der Waals surface area contributed by atoms with Crippen LogP contribution < -0.4 is 4.74 Å². The van der Waals surface area contributed by atoms with Crippen molar-refractivity contribution in [3.05, 3.63) is 29.3 Å². The fourth-order valence-electron chi connectivity index (χ4n) is 2.92. The highest BCUT2D eigenvalue weighted by Crippen LogP contribution is 2.27. The largest absolute Gasteiger partial charge is 0.491 e. The van der Waals surface area contributed by atoms with E-state index >= 15 is 0 Å². The number of aliphatic hydroxyl groups excluding tert-OH is 2. The Morgan fingerprint density at radius 3 is 2.48 bits per heavy atom. The van der Waals surface area contributed by atoms with Crippen molar-refractivity contribution >= 4 is 0 Å². The second-order valence-corrected chi connectivity index (χ2v) is 7.73. The standard InChI is InChI=1S/C19H31NO3/c1-14-11-15(19(2,3)4)5-6-18(14)23-13-17(22)12-20-9-7-16(21)8-10-20/h5-6,11,16-17,21-22H,7-10,12-13H2,1-4H3. The van der Waals surface area contributed by atoms with Gasteiger partial charge < -0.3 is 19.8 Å². The second-order valence-electron chi connectivity index (χ2n) is 7.73. The van der Waals surface area contributed by atoms with Gasteiger partial charge >= 0.3 is 0 Å². The third kappa shape index (κ3) is 5.48. The zero-order chi connectivity index (χ0) is 17.0. The molecule has 1 aliphatic heterocycles. The van der Waals surface area contributed by atoms with Gasteiger partial charge in [-0.2, -0.15) is 0 Å². The minimum absolute atomic E-state index is 0.127. The fraction of sp³-hybridized carbons (Fsp3) is 0.684. The van der Waals surface area contributed by atoms with Gasteiger partial charge in [0.1, 0.15) is 18.5 Å². The van der Waals surface area contributed by atoms with E-state index < -0.39 is 6.10 Å². The average molecular weight is 321 g/mol. The number of β-amino-alcohol motifs (C(OH)–C–C–N with tert-alkyl or cyclic N) is 1. The maximum absolute atomic E-state index is 10.2. The molecule has 0 amide bonds. The first-order valence-electron chi connectivity index (χ1n) is 8.58. The molecule has 23 heavy (non-hydrogen) atoms. The predicted molar refractivity (Wildman–Crippen MR) is 93.1 cm³/mol. The molecule has 1 atom stereocenters.